The molecule has 1 fully saturated rings. The van der Waals surface area contributed by atoms with Crippen molar-refractivity contribution in [3.8, 4) is 0 Å². The molecule has 1 N–H and O–H groups in total. The molecule has 0 aromatic heterocycles. The van der Waals surface area contributed by atoms with Crippen LogP contribution in [0.25, 0.3) is 0 Å². The molecule has 1 aliphatic carbocycles. The summed E-state index contributed by atoms with van der Waals surface area (Å²) in [7, 11) is 0. The lowest BCUT2D eigenvalue weighted by Gasteiger charge is -2.28. The SMILES string of the molecule is CCCC(CCC1CCCC(C)C1)NCC. The van der Waals surface area contributed by atoms with Crippen LogP contribution in [0.1, 0.15) is 72.1 Å². The molecule has 16 heavy (non-hydrogen) atoms. The second kappa shape index (κ2) is 8.11. The molecule has 0 aromatic carbocycles. The van der Waals surface area contributed by atoms with Crippen LogP contribution in [-0.2, 0) is 0 Å². The van der Waals surface area contributed by atoms with Gasteiger partial charge < -0.3 is 5.32 Å². The van der Waals surface area contributed by atoms with Crippen LogP contribution in [0.15, 0.2) is 0 Å². The van der Waals surface area contributed by atoms with Crippen molar-refractivity contribution in [2.75, 3.05) is 6.54 Å². The van der Waals surface area contributed by atoms with E-state index in [4.69, 9.17) is 0 Å². The maximum Gasteiger partial charge on any atom is 0.00669 e. The molecule has 0 spiro atoms. The third-order valence-corrected chi connectivity index (χ3v) is 4.10. The Balaban J connectivity index is 2.19. The lowest BCUT2D eigenvalue weighted by molar-refractivity contribution is 0.255. The third kappa shape index (κ3) is 5.34. The van der Waals surface area contributed by atoms with Crippen LogP contribution >= 0.6 is 0 Å². The summed E-state index contributed by atoms with van der Waals surface area (Å²) in [6, 6.07) is 0.784. The molecule has 3 unspecified atom stereocenters. The van der Waals surface area contributed by atoms with Crippen LogP contribution in [0, 0.1) is 11.8 Å². The van der Waals surface area contributed by atoms with Crippen LogP contribution < -0.4 is 5.32 Å². The maximum absolute atomic E-state index is 3.63. The van der Waals surface area contributed by atoms with Crippen LogP contribution in [-0.4, -0.2) is 12.6 Å². The van der Waals surface area contributed by atoms with E-state index in [2.05, 4.69) is 26.1 Å². The van der Waals surface area contributed by atoms with Crippen molar-refractivity contribution in [2.45, 2.75) is 78.2 Å². The van der Waals surface area contributed by atoms with Gasteiger partial charge in [0.1, 0.15) is 0 Å². The van der Waals surface area contributed by atoms with Gasteiger partial charge in [-0.15, -0.1) is 0 Å². The number of hydrogen-bond acceptors (Lipinski definition) is 1. The van der Waals surface area contributed by atoms with Crippen molar-refractivity contribution in [1.29, 1.82) is 0 Å². The van der Waals surface area contributed by atoms with Gasteiger partial charge in [0, 0.05) is 6.04 Å². The van der Waals surface area contributed by atoms with E-state index in [-0.39, 0.29) is 0 Å². The van der Waals surface area contributed by atoms with E-state index in [0.717, 1.165) is 24.4 Å². The minimum atomic E-state index is 0.784. The predicted octanol–water partition coefficient (Wildman–Crippen LogP) is 4.37. The molecule has 0 bridgehead atoms. The van der Waals surface area contributed by atoms with Crippen LogP contribution in [0.5, 0.6) is 0 Å². The van der Waals surface area contributed by atoms with E-state index in [9.17, 15) is 0 Å². The van der Waals surface area contributed by atoms with E-state index in [1.807, 2.05) is 0 Å². The second-order valence-corrected chi connectivity index (χ2v) is 5.76. The molecule has 0 heterocycles. The van der Waals surface area contributed by atoms with Crippen molar-refractivity contribution in [2.24, 2.45) is 11.8 Å². The van der Waals surface area contributed by atoms with Crippen molar-refractivity contribution in [3.05, 3.63) is 0 Å². The van der Waals surface area contributed by atoms with Crippen molar-refractivity contribution in [1.82, 2.24) is 5.32 Å². The normalized spacial score (nSPS) is 27.9. The highest BCUT2D eigenvalue weighted by Crippen LogP contribution is 2.31. The number of nitrogens with one attached hydrogen (secondary N) is 1. The fraction of sp³-hybridized carbons (Fsp3) is 1.00. The van der Waals surface area contributed by atoms with Crippen molar-refractivity contribution < 1.29 is 0 Å². The van der Waals surface area contributed by atoms with E-state index in [1.165, 1.54) is 51.4 Å². The summed E-state index contributed by atoms with van der Waals surface area (Å²) >= 11 is 0. The van der Waals surface area contributed by atoms with Crippen molar-refractivity contribution >= 4 is 0 Å². The zero-order chi connectivity index (χ0) is 11.8. The first-order chi connectivity index (χ1) is 7.76. The first kappa shape index (κ1) is 14.0. The predicted molar refractivity (Wildman–Crippen MR) is 72.7 cm³/mol. The monoisotopic (exact) mass is 225 g/mol. The van der Waals surface area contributed by atoms with Gasteiger partial charge in [0.15, 0.2) is 0 Å². The molecular weight excluding hydrogens is 194 g/mol. The Labute approximate surface area is 102 Å². The molecule has 0 radical (unpaired) electrons. The van der Waals surface area contributed by atoms with Gasteiger partial charge in [0.2, 0.25) is 0 Å². The molecule has 1 rings (SSSR count). The molecule has 1 heteroatoms. The number of hydrogen-bond donors (Lipinski definition) is 1. The highest BCUT2D eigenvalue weighted by atomic mass is 14.9. The molecule has 1 saturated carbocycles. The Hall–Kier alpha value is -0.0400. The van der Waals surface area contributed by atoms with Gasteiger partial charge in [-0.05, 0) is 44.1 Å². The van der Waals surface area contributed by atoms with Gasteiger partial charge in [-0.1, -0.05) is 46.5 Å². The minimum absolute atomic E-state index is 0.784. The van der Waals surface area contributed by atoms with Crippen molar-refractivity contribution in [3.63, 3.8) is 0 Å². The molecular formula is C15H31N. The third-order valence-electron chi connectivity index (χ3n) is 4.10. The van der Waals surface area contributed by atoms with Gasteiger partial charge in [-0.2, -0.15) is 0 Å². The highest BCUT2D eigenvalue weighted by Gasteiger charge is 2.19. The average molecular weight is 225 g/mol. The first-order valence-electron chi connectivity index (χ1n) is 7.49. The summed E-state index contributed by atoms with van der Waals surface area (Å²) < 4.78 is 0. The minimum Gasteiger partial charge on any atom is -0.314 e. The Kier molecular flexibility index (Phi) is 7.11. The van der Waals surface area contributed by atoms with Gasteiger partial charge in [0.25, 0.3) is 0 Å². The van der Waals surface area contributed by atoms with Gasteiger partial charge in [0.05, 0.1) is 0 Å². The van der Waals surface area contributed by atoms with Crippen LogP contribution in [0.2, 0.25) is 0 Å². The fourth-order valence-electron chi connectivity index (χ4n) is 3.24. The zero-order valence-electron chi connectivity index (χ0n) is 11.6. The highest BCUT2D eigenvalue weighted by molar-refractivity contribution is 4.74. The van der Waals surface area contributed by atoms with E-state index >= 15 is 0 Å². The summed E-state index contributed by atoms with van der Waals surface area (Å²) in [5.74, 6) is 2.02. The molecule has 96 valence electrons. The van der Waals surface area contributed by atoms with E-state index < -0.39 is 0 Å². The van der Waals surface area contributed by atoms with Gasteiger partial charge in [-0.3, -0.25) is 0 Å². The van der Waals surface area contributed by atoms with Gasteiger partial charge >= 0.3 is 0 Å². The number of rotatable bonds is 7. The van der Waals surface area contributed by atoms with E-state index in [1.54, 1.807) is 0 Å². The topological polar surface area (TPSA) is 12.0 Å². The van der Waals surface area contributed by atoms with Gasteiger partial charge in [-0.25, -0.2) is 0 Å². The maximum atomic E-state index is 3.63. The summed E-state index contributed by atoms with van der Waals surface area (Å²) in [5.41, 5.74) is 0. The molecule has 3 atom stereocenters. The largest absolute Gasteiger partial charge is 0.314 e. The first-order valence-corrected chi connectivity index (χ1v) is 7.49. The van der Waals surface area contributed by atoms with Crippen LogP contribution in [0.3, 0.4) is 0 Å². The molecule has 0 saturated heterocycles. The average Bonchev–Trinajstić information content (AvgIpc) is 2.27. The smallest absolute Gasteiger partial charge is 0.00669 e. The Morgan fingerprint density at radius 3 is 2.62 bits per heavy atom. The zero-order valence-corrected chi connectivity index (χ0v) is 11.6. The summed E-state index contributed by atoms with van der Waals surface area (Å²) in [4.78, 5) is 0. The summed E-state index contributed by atoms with van der Waals surface area (Å²) in [5, 5.41) is 3.63. The lowest BCUT2D eigenvalue weighted by atomic mass is 9.79. The molecule has 0 aliphatic heterocycles. The molecule has 0 amide bonds. The Bertz CT molecular complexity index is 156. The quantitative estimate of drug-likeness (QED) is 0.678. The summed E-state index contributed by atoms with van der Waals surface area (Å²) in [6.45, 7) is 8.09. The van der Waals surface area contributed by atoms with E-state index in [0.29, 0.717) is 0 Å². The second-order valence-electron chi connectivity index (χ2n) is 5.76. The Morgan fingerprint density at radius 2 is 2.00 bits per heavy atom. The Morgan fingerprint density at radius 1 is 1.19 bits per heavy atom. The summed E-state index contributed by atoms with van der Waals surface area (Å²) in [6.07, 6.45) is 11.5. The molecule has 1 nitrogen and oxygen atoms in total. The standard InChI is InChI=1S/C15H31N/c1-4-7-15(16-5-2)11-10-14-9-6-8-13(3)12-14/h13-16H,4-12H2,1-3H3. The fourth-order valence-corrected chi connectivity index (χ4v) is 3.24. The lowest BCUT2D eigenvalue weighted by Crippen LogP contribution is -2.29. The van der Waals surface area contributed by atoms with Crippen LogP contribution in [0.4, 0.5) is 0 Å². The molecule has 0 aromatic rings. The molecule has 1 aliphatic rings.